The van der Waals surface area contributed by atoms with Crippen LogP contribution >= 0.6 is 23.8 Å². The molecule has 0 aliphatic heterocycles. The van der Waals surface area contributed by atoms with Crippen molar-refractivity contribution in [2.75, 3.05) is 30.0 Å². The monoisotopic (exact) mass is 365 g/mol. The summed E-state index contributed by atoms with van der Waals surface area (Å²) in [5.74, 6) is 0.508. The van der Waals surface area contributed by atoms with E-state index in [9.17, 15) is 0 Å². The van der Waals surface area contributed by atoms with Crippen LogP contribution in [0.2, 0.25) is 5.02 Å². The van der Waals surface area contributed by atoms with Crippen molar-refractivity contribution in [1.29, 1.82) is 0 Å². The molecular formula is C16H20ClN5OS. The molecule has 0 heterocycles. The van der Waals surface area contributed by atoms with Crippen LogP contribution in [0.15, 0.2) is 36.4 Å². The van der Waals surface area contributed by atoms with E-state index in [1.807, 2.05) is 38.2 Å². The summed E-state index contributed by atoms with van der Waals surface area (Å²) in [6.07, 6.45) is 0. The highest BCUT2D eigenvalue weighted by atomic mass is 35.5. The standard InChI is InChI=1S/C16H20ClN5OS/c1-10-8-11(18-2)4-6-14(10)21-16(24)20-12-5-7-15(13(17)9-12)23-22-19-3/h4-9,18-19,22H,1-3H3,(H2,20,21,24). The molecule has 0 bridgehead atoms. The summed E-state index contributed by atoms with van der Waals surface area (Å²) < 4.78 is 0. The highest BCUT2D eigenvalue weighted by Crippen LogP contribution is 2.27. The molecule has 0 aromatic heterocycles. The van der Waals surface area contributed by atoms with Crippen molar-refractivity contribution in [3.05, 3.63) is 47.0 Å². The van der Waals surface area contributed by atoms with Crippen LogP contribution < -0.4 is 31.8 Å². The molecule has 6 nitrogen and oxygen atoms in total. The van der Waals surface area contributed by atoms with E-state index < -0.39 is 0 Å². The summed E-state index contributed by atoms with van der Waals surface area (Å²) in [5.41, 5.74) is 9.01. The third-order valence-electron chi connectivity index (χ3n) is 3.22. The van der Waals surface area contributed by atoms with E-state index in [1.54, 1.807) is 19.2 Å². The fourth-order valence-corrected chi connectivity index (χ4v) is 2.46. The largest absolute Gasteiger partial charge is 0.392 e. The van der Waals surface area contributed by atoms with Gasteiger partial charge in [0.1, 0.15) is 0 Å². The Balaban J connectivity index is 2.00. The molecule has 0 spiro atoms. The summed E-state index contributed by atoms with van der Waals surface area (Å²) >= 11 is 11.5. The van der Waals surface area contributed by atoms with Gasteiger partial charge in [0.15, 0.2) is 10.9 Å². The first-order chi connectivity index (χ1) is 11.5. The van der Waals surface area contributed by atoms with Gasteiger partial charge < -0.3 is 20.8 Å². The maximum absolute atomic E-state index is 6.16. The zero-order valence-corrected chi connectivity index (χ0v) is 15.2. The molecule has 0 fully saturated rings. The van der Waals surface area contributed by atoms with Crippen molar-refractivity contribution in [3.63, 3.8) is 0 Å². The van der Waals surface area contributed by atoms with E-state index in [0.717, 1.165) is 22.6 Å². The van der Waals surface area contributed by atoms with Crippen LogP contribution in [0.3, 0.4) is 0 Å². The lowest BCUT2D eigenvalue weighted by atomic mass is 10.2. The van der Waals surface area contributed by atoms with Crippen molar-refractivity contribution in [3.8, 4) is 5.75 Å². The smallest absolute Gasteiger partial charge is 0.175 e. The van der Waals surface area contributed by atoms with Gasteiger partial charge in [-0.05, 0) is 61.1 Å². The lowest BCUT2D eigenvalue weighted by molar-refractivity contribution is 0.160. The van der Waals surface area contributed by atoms with Crippen LogP contribution in [0.25, 0.3) is 0 Å². The minimum Gasteiger partial charge on any atom is -0.392 e. The quantitative estimate of drug-likeness (QED) is 0.396. The van der Waals surface area contributed by atoms with Gasteiger partial charge in [-0.2, -0.15) is 0 Å². The highest BCUT2D eigenvalue weighted by Gasteiger charge is 2.06. The SMILES string of the molecule is CNNOc1ccc(NC(=S)Nc2ccc(NC)cc2C)cc1Cl. The fraction of sp³-hybridized carbons (Fsp3) is 0.188. The maximum atomic E-state index is 6.16. The molecule has 0 saturated carbocycles. The Bertz CT molecular complexity index is 726. The number of rotatable bonds is 6. The number of benzene rings is 2. The molecule has 0 aliphatic rings. The van der Waals surface area contributed by atoms with Gasteiger partial charge in [-0.15, -0.1) is 0 Å². The Morgan fingerprint density at radius 3 is 2.42 bits per heavy atom. The van der Waals surface area contributed by atoms with Gasteiger partial charge in [0.2, 0.25) is 0 Å². The van der Waals surface area contributed by atoms with Crippen molar-refractivity contribution >= 4 is 46.0 Å². The zero-order chi connectivity index (χ0) is 17.5. The average molecular weight is 366 g/mol. The van der Waals surface area contributed by atoms with Crippen molar-refractivity contribution in [2.24, 2.45) is 0 Å². The van der Waals surface area contributed by atoms with Gasteiger partial charge in [-0.25, -0.2) is 5.43 Å². The molecule has 8 heteroatoms. The molecule has 5 N–H and O–H groups in total. The van der Waals surface area contributed by atoms with Gasteiger partial charge in [-0.1, -0.05) is 17.2 Å². The van der Waals surface area contributed by atoms with Crippen molar-refractivity contribution in [1.82, 2.24) is 11.0 Å². The molecule has 0 saturated heterocycles. The first kappa shape index (κ1) is 18.3. The molecule has 0 radical (unpaired) electrons. The third kappa shape index (κ3) is 4.97. The number of thiocarbonyl (C=S) groups is 1. The van der Waals surface area contributed by atoms with Crippen molar-refractivity contribution < 1.29 is 4.84 Å². The first-order valence-corrected chi connectivity index (χ1v) is 8.06. The van der Waals surface area contributed by atoms with Gasteiger partial charge >= 0.3 is 0 Å². The zero-order valence-electron chi connectivity index (χ0n) is 13.7. The van der Waals surface area contributed by atoms with E-state index in [1.165, 1.54) is 0 Å². The second kappa shape index (κ2) is 8.70. The van der Waals surface area contributed by atoms with E-state index in [0.29, 0.717) is 15.9 Å². The molecule has 2 aromatic carbocycles. The van der Waals surface area contributed by atoms with Gasteiger partial charge in [0, 0.05) is 31.2 Å². The predicted octanol–water partition coefficient (Wildman–Crippen LogP) is 3.52. The fourth-order valence-electron chi connectivity index (χ4n) is 2.01. The third-order valence-corrected chi connectivity index (χ3v) is 3.72. The molecule has 2 rings (SSSR count). The van der Waals surface area contributed by atoms with Gasteiger partial charge in [-0.3, -0.25) is 0 Å². The number of aryl methyl sites for hydroxylation is 1. The van der Waals surface area contributed by atoms with E-state index in [2.05, 4.69) is 27.0 Å². The molecular weight excluding hydrogens is 346 g/mol. The number of anilines is 3. The lowest BCUT2D eigenvalue weighted by Gasteiger charge is -2.14. The Kier molecular flexibility index (Phi) is 6.62. The molecule has 0 amide bonds. The Hall–Kier alpha value is -2.06. The van der Waals surface area contributed by atoms with E-state index >= 15 is 0 Å². The normalized spacial score (nSPS) is 10.2. The number of hydrogen-bond acceptors (Lipinski definition) is 5. The highest BCUT2D eigenvalue weighted by molar-refractivity contribution is 7.80. The minimum absolute atomic E-state index is 0.458. The Morgan fingerprint density at radius 1 is 1.04 bits per heavy atom. The Labute approximate surface area is 151 Å². The second-order valence-electron chi connectivity index (χ2n) is 4.96. The van der Waals surface area contributed by atoms with Crippen LogP contribution in [0.1, 0.15) is 5.56 Å². The summed E-state index contributed by atoms with van der Waals surface area (Å²) in [6, 6.07) is 11.3. The summed E-state index contributed by atoms with van der Waals surface area (Å²) in [5, 5.41) is 10.3. The summed E-state index contributed by atoms with van der Waals surface area (Å²) in [7, 11) is 3.58. The lowest BCUT2D eigenvalue weighted by Crippen LogP contribution is -2.30. The molecule has 0 aliphatic carbocycles. The van der Waals surface area contributed by atoms with Crippen molar-refractivity contribution in [2.45, 2.75) is 6.92 Å². The molecule has 0 atom stereocenters. The predicted molar refractivity (Wildman–Crippen MR) is 105 cm³/mol. The Morgan fingerprint density at radius 2 is 1.79 bits per heavy atom. The number of hydrazine groups is 1. The molecule has 128 valence electrons. The van der Waals surface area contributed by atoms with Crippen LogP contribution in [-0.2, 0) is 0 Å². The average Bonchev–Trinajstić information content (AvgIpc) is 2.56. The minimum atomic E-state index is 0.458. The molecule has 0 unspecified atom stereocenters. The number of hydrogen-bond donors (Lipinski definition) is 5. The van der Waals surface area contributed by atoms with Crippen LogP contribution in [-0.4, -0.2) is 19.2 Å². The summed E-state index contributed by atoms with van der Waals surface area (Å²) in [6.45, 7) is 2.02. The molecule has 2 aromatic rings. The van der Waals surface area contributed by atoms with Crippen LogP contribution in [0.5, 0.6) is 5.75 Å². The molecule has 24 heavy (non-hydrogen) atoms. The van der Waals surface area contributed by atoms with Crippen LogP contribution in [0.4, 0.5) is 17.1 Å². The maximum Gasteiger partial charge on any atom is 0.175 e. The number of nitrogens with one attached hydrogen (secondary N) is 5. The van der Waals surface area contributed by atoms with Gasteiger partial charge in [0.05, 0.1) is 5.02 Å². The van der Waals surface area contributed by atoms with E-state index in [-0.39, 0.29) is 0 Å². The van der Waals surface area contributed by atoms with Gasteiger partial charge in [0.25, 0.3) is 0 Å². The van der Waals surface area contributed by atoms with Crippen LogP contribution in [0, 0.1) is 6.92 Å². The topological polar surface area (TPSA) is 69.4 Å². The summed E-state index contributed by atoms with van der Waals surface area (Å²) in [4.78, 5) is 5.20. The van der Waals surface area contributed by atoms with E-state index in [4.69, 9.17) is 28.7 Å². The number of halogens is 1. The first-order valence-electron chi connectivity index (χ1n) is 7.28. The second-order valence-corrected chi connectivity index (χ2v) is 5.77.